The number of amides is 1. The highest BCUT2D eigenvalue weighted by Gasteiger charge is 2.31. The highest BCUT2D eigenvalue weighted by molar-refractivity contribution is 5.94. The molecule has 3 aromatic rings. The third-order valence-electron chi connectivity index (χ3n) is 4.30. The van der Waals surface area contributed by atoms with E-state index >= 15 is 0 Å². The Bertz CT molecular complexity index is 887. The molecule has 0 saturated carbocycles. The molecule has 5 nitrogen and oxygen atoms in total. The molecule has 0 radical (unpaired) electrons. The number of para-hydroxylation sites is 1. The molecule has 0 fully saturated rings. The fourth-order valence-corrected chi connectivity index (χ4v) is 3.13. The van der Waals surface area contributed by atoms with Gasteiger partial charge in [0.05, 0.1) is 12.8 Å². The zero-order chi connectivity index (χ0) is 16.5. The van der Waals surface area contributed by atoms with Crippen molar-refractivity contribution in [3.63, 3.8) is 0 Å². The SMILES string of the molecule is COc1cccc(C2CC(=O)Nc3c2ncn3-c2ccccc2)c1. The van der Waals surface area contributed by atoms with E-state index in [1.807, 2.05) is 59.2 Å². The van der Waals surface area contributed by atoms with Crippen LogP contribution in [0, 0.1) is 0 Å². The molecule has 2 aromatic carbocycles. The Kier molecular flexibility index (Phi) is 3.54. The van der Waals surface area contributed by atoms with Crippen molar-refractivity contribution in [3.05, 3.63) is 72.2 Å². The van der Waals surface area contributed by atoms with E-state index in [4.69, 9.17) is 4.74 Å². The van der Waals surface area contributed by atoms with Crippen LogP contribution in [-0.2, 0) is 4.79 Å². The molecule has 2 heterocycles. The summed E-state index contributed by atoms with van der Waals surface area (Å²) in [5.41, 5.74) is 2.88. The van der Waals surface area contributed by atoms with E-state index in [1.54, 1.807) is 13.4 Å². The molecule has 4 rings (SSSR count). The van der Waals surface area contributed by atoms with E-state index < -0.39 is 0 Å². The van der Waals surface area contributed by atoms with Crippen molar-refractivity contribution in [1.29, 1.82) is 0 Å². The van der Waals surface area contributed by atoms with Crippen LogP contribution in [0.25, 0.3) is 5.69 Å². The maximum absolute atomic E-state index is 12.3. The lowest BCUT2D eigenvalue weighted by atomic mass is 9.89. The van der Waals surface area contributed by atoms with E-state index in [1.165, 1.54) is 0 Å². The average molecular weight is 319 g/mol. The molecule has 1 aliphatic rings. The number of nitrogens with one attached hydrogen (secondary N) is 1. The zero-order valence-corrected chi connectivity index (χ0v) is 13.3. The van der Waals surface area contributed by atoms with Gasteiger partial charge >= 0.3 is 0 Å². The van der Waals surface area contributed by atoms with Gasteiger partial charge in [0, 0.05) is 18.0 Å². The van der Waals surface area contributed by atoms with E-state index in [-0.39, 0.29) is 11.8 Å². The summed E-state index contributed by atoms with van der Waals surface area (Å²) in [6.45, 7) is 0. The monoisotopic (exact) mass is 319 g/mol. The lowest BCUT2D eigenvalue weighted by Crippen LogP contribution is -2.24. The summed E-state index contributed by atoms with van der Waals surface area (Å²) in [6.07, 6.45) is 2.14. The maximum atomic E-state index is 12.3. The Balaban J connectivity index is 1.81. The predicted molar refractivity (Wildman–Crippen MR) is 91.6 cm³/mol. The van der Waals surface area contributed by atoms with Crippen molar-refractivity contribution < 1.29 is 9.53 Å². The van der Waals surface area contributed by atoms with Gasteiger partial charge in [-0.15, -0.1) is 0 Å². The summed E-state index contributed by atoms with van der Waals surface area (Å²) in [6, 6.07) is 17.7. The van der Waals surface area contributed by atoms with Crippen LogP contribution in [0.15, 0.2) is 60.9 Å². The second-order valence-electron chi connectivity index (χ2n) is 5.77. The maximum Gasteiger partial charge on any atom is 0.226 e. The van der Waals surface area contributed by atoms with Gasteiger partial charge in [-0.25, -0.2) is 4.98 Å². The van der Waals surface area contributed by atoms with E-state index in [9.17, 15) is 4.79 Å². The Morgan fingerprint density at radius 3 is 2.79 bits per heavy atom. The number of aromatic nitrogens is 2. The lowest BCUT2D eigenvalue weighted by molar-refractivity contribution is -0.116. The third-order valence-corrected chi connectivity index (χ3v) is 4.30. The topological polar surface area (TPSA) is 56.1 Å². The van der Waals surface area contributed by atoms with Crippen LogP contribution in [0.2, 0.25) is 0 Å². The van der Waals surface area contributed by atoms with Crippen LogP contribution in [0.5, 0.6) is 5.75 Å². The first-order valence-electron chi connectivity index (χ1n) is 7.82. The molecule has 0 spiro atoms. The highest BCUT2D eigenvalue weighted by atomic mass is 16.5. The Labute approximate surface area is 139 Å². The minimum absolute atomic E-state index is 0.00648. The molecule has 120 valence electrons. The Morgan fingerprint density at radius 2 is 2.00 bits per heavy atom. The number of fused-ring (bicyclic) bond motifs is 1. The van der Waals surface area contributed by atoms with Crippen LogP contribution in [-0.4, -0.2) is 22.6 Å². The first kappa shape index (κ1) is 14.5. The molecule has 0 aliphatic carbocycles. The first-order valence-corrected chi connectivity index (χ1v) is 7.82. The smallest absolute Gasteiger partial charge is 0.226 e. The molecule has 1 amide bonds. The number of hydrogen-bond donors (Lipinski definition) is 1. The number of imidazole rings is 1. The van der Waals surface area contributed by atoms with Crippen LogP contribution in [0.3, 0.4) is 0 Å². The number of carbonyl (C=O) groups is 1. The molecule has 1 N–H and O–H groups in total. The van der Waals surface area contributed by atoms with Crippen LogP contribution in [0.4, 0.5) is 5.82 Å². The largest absolute Gasteiger partial charge is 0.497 e. The van der Waals surface area contributed by atoms with Gasteiger partial charge in [0.1, 0.15) is 17.9 Å². The van der Waals surface area contributed by atoms with Crippen LogP contribution < -0.4 is 10.1 Å². The van der Waals surface area contributed by atoms with Gasteiger partial charge in [0.2, 0.25) is 5.91 Å². The van der Waals surface area contributed by atoms with Crippen molar-refractivity contribution in [2.75, 3.05) is 12.4 Å². The first-order chi connectivity index (χ1) is 11.8. The summed E-state index contributed by atoms with van der Waals surface area (Å²) < 4.78 is 7.23. The number of rotatable bonds is 3. The van der Waals surface area contributed by atoms with Crippen LogP contribution >= 0.6 is 0 Å². The zero-order valence-electron chi connectivity index (χ0n) is 13.3. The molecule has 5 heteroatoms. The van der Waals surface area contributed by atoms with Gasteiger partial charge in [-0.1, -0.05) is 30.3 Å². The molecule has 1 unspecified atom stereocenters. The fraction of sp³-hybridized carbons (Fsp3) is 0.158. The van der Waals surface area contributed by atoms with E-state index in [2.05, 4.69) is 10.3 Å². The summed E-state index contributed by atoms with van der Waals surface area (Å²) in [5.74, 6) is 1.44. The molecule has 1 atom stereocenters. The van der Waals surface area contributed by atoms with Gasteiger partial charge in [-0.2, -0.15) is 0 Å². The number of hydrogen-bond acceptors (Lipinski definition) is 3. The van der Waals surface area contributed by atoms with Gasteiger partial charge in [0.15, 0.2) is 0 Å². The van der Waals surface area contributed by atoms with Gasteiger partial charge in [-0.3, -0.25) is 9.36 Å². The molecular formula is C19H17N3O2. The van der Waals surface area contributed by atoms with Gasteiger partial charge in [-0.05, 0) is 29.8 Å². The van der Waals surface area contributed by atoms with Crippen molar-refractivity contribution in [1.82, 2.24) is 9.55 Å². The minimum Gasteiger partial charge on any atom is -0.497 e. The fourth-order valence-electron chi connectivity index (χ4n) is 3.13. The quantitative estimate of drug-likeness (QED) is 0.805. The molecular weight excluding hydrogens is 302 g/mol. The minimum atomic E-state index is -0.0752. The number of benzene rings is 2. The normalized spacial score (nSPS) is 16.4. The highest BCUT2D eigenvalue weighted by Crippen LogP contribution is 2.38. The van der Waals surface area contributed by atoms with Crippen molar-refractivity contribution in [2.45, 2.75) is 12.3 Å². The summed E-state index contributed by atoms with van der Waals surface area (Å²) in [5, 5.41) is 2.97. The van der Waals surface area contributed by atoms with Gasteiger partial charge < -0.3 is 10.1 Å². The number of nitrogens with zero attached hydrogens (tertiary/aromatic N) is 2. The summed E-state index contributed by atoms with van der Waals surface area (Å²) in [7, 11) is 1.64. The number of anilines is 1. The van der Waals surface area contributed by atoms with Gasteiger partial charge in [0.25, 0.3) is 0 Å². The number of carbonyl (C=O) groups excluding carboxylic acids is 1. The Hall–Kier alpha value is -3.08. The molecule has 1 aromatic heterocycles. The second-order valence-corrected chi connectivity index (χ2v) is 5.77. The summed E-state index contributed by atoms with van der Waals surface area (Å²) >= 11 is 0. The van der Waals surface area contributed by atoms with Crippen molar-refractivity contribution in [3.8, 4) is 11.4 Å². The van der Waals surface area contributed by atoms with E-state index in [0.717, 1.165) is 28.5 Å². The Morgan fingerprint density at radius 1 is 1.17 bits per heavy atom. The average Bonchev–Trinajstić information content (AvgIpc) is 3.05. The molecule has 0 saturated heterocycles. The predicted octanol–water partition coefficient (Wildman–Crippen LogP) is 3.36. The molecule has 24 heavy (non-hydrogen) atoms. The standard InChI is InChI=1S/C19H17N3O2/c1-24-15-9-5-6-13(10-15)16-11-17(23)21-19-18(16)20-12-22(19)14-7-3-2-4-8-14/h2-10,12,16H,11H2,1H3,(H,21,23). The van der Waals surface area contributed by atoms with Crippen LogP contribution in [0.1, 0.15) is 23.6 Å². The molecule has 1 aliphatic heterocycles. The molecule has 0 bridgehead atoms. The number of ether oxygens (including phenoxy) is 1. The van der Waals surface area contributed by atoms with E-state index in [0.29, 0.717) is 6.42 Å². The van der Waals surface area contributed by atoms with Crippen molar-refractivity contribution >= 4 is 11.7 Å². The lowest BCUT2D eigenvalue weighted by Gasteiger charge is -2.23. The number of methoxy groups -OCH3 is 1. The summed E-state index contributed by atoms with van der Waals surface area (Å²) in [4.78, 5) is 16.9. The van der Waals surface area contributed by atoms with Crippen molar-refractivity contribution in [2.24, 2.45) is 0 Å². The third kappa shape index (κ3) is 2.44. The second kappa shape index (κ2) is 5.85.